The van der Waals surface area contributed by atoms with Crippen molar-refractivity contribution in [3.8, 4) is 0 Å². The minimum atomic E-state index is 0.732. The largest absolute Gasteiger partial charge is 0.341 e. The molecule has 2 nitrogen and oxygen atoms in total. The van der Waals surface area contributed by atoms with Crippen LogP contribution in [0.15, 0.2) is 12.1 Å². The first-order valence-electron chi connectivity index (χ1n) is 3.60. The van der Waals surface area contributed by atoms with Crippen molar-refractivity contribution in [3.05, 3.63) is 26.5 Å². The second-order valence-electron chi connectivity index (χ2n) is 2.60. The van der Waals surface area contributed by atoms with Crippen molar-refractivity contribution in [3.63, 3.8) is 0 Å². The van der Waals surface area contributed by atoms with Gasteiger partial charge in [0.15, 0.2) is 0 Å². The number of nitrogens with zero attached hydrogens (tertiary/aromatic N) is 1. The van der Waals surface area contributed by atoms with Crippen LogP contribution in [0.25, 0.3) is 11.0 Å². The van der Waals surface area contributed by atoms with Gasteiger partial charge in [0.1, 0.15) is 5.82 Å². The fourth-order valence-corrected chi connectivity index (χ4v) is 2.00. The number of aromatic nitrogens is 2. The number of hydrogen-bond acceptors (Lipinski definition) is 1. The van der Waals surface area contributed by atoms with E-state index >= 15 is 0 Å². The Kier molecular flexibility index (Phi) is 2.80. The lowest BCUT2D eigenvalue weighted by atomic mass is 10.3. The van der Waals surface area contributed by atoms with Gasteiger partial charge in [-0.05, 0) is 34.7 Å². The minimum absolute atomic E-state index is 0.732. The molecular formula is C8H5BrClIN2. The number of fused-ring (bicyclic) bond motifs is 1. The van der Waals surface area contributed by atoms with Gasteiger partial charge < -0.3 is 4.98 Å². The summed E-state index contributed by atoms with van der Waals surface area (Å²) in [5, 5.41) is 1.49. The lowest BCUT2D eigenvalue weighted by Gasteiger charge is -1.93. The standard InChI is InChI=1S/C8H5BrClIN2/c9-3-8-12-6-1-4(10)5(11)2-7(6)13-8/h1-2H,3H2,(H,12,13). The molecule has 0 saturated carbocycles. The molecule has 0 aliphatic rings. The highest BCUT2D eigenvalue weighted by Crippen LogP contribution is 2.24. The van der Waals surface area contributed by atoms with E-state index in [0.29, 0.717) is 0 Å². The van der Waals surface area contributed by atoms with Gasteiger partial charge in [-0.2, -0.15) is 0 Å². The predicted molar refractivity (Wildman–Crippen MR) is 66.5 cm³/mol. The topological polar surface area (TPSA) is 28.7 Å². The van der Waals surface area contributed by atoms with Gasteiger partial charge in [-0.1, -0.05) is 27.5 Å². The number of halogens is 3. The second kappa shape index (κ2) is 3.74. The molecule has 0 aliphatic heterocycles. The normalized spacial score (nSPS) is 11.0. The number of rotatable bonds is 1. The Labute approximate surface area is 102 Å². The van der Waals surface area contributed by atoms with Gasteiger partial charge in [-0.15, -0.1) is 0 Å². The van der Waals surface area contributed by atoms with E-state index in [-0.39, 0.29) is 0 Å². The Morgan fingerprint density at radius 3 is 3.00 bits per heavy atom. The SMILES string of the molecule is Clc1cc2[nH]c(CBr)nc2cc1I. The first kappa shape index (κ1) is 9.73. The zero-order valence-electron chi connectivity index (χ0n) is 6.44. The molecule has 0 aliphatic carbocycles. The lowest BCUT2D eigenvalue weighted by Crippen LogP contribution is -1.76. The molecule has 0 amide bonds. The van der Waals surface area contributed by atoms with Gasteiger partial charge in [-0.3, -0.25) is 0 Å². The zero-order chi connectivity index (χ0) is 9.42. The summed E-state index contributed by atoms with van der Waals surface area (Å²) >= 11 is 11.5. The number of aromatic amines is 1. The van der Waals surface area contributed by atoms with Crippen LogP contribution in [-0.2, 0) is 5.33 Å². The smallest absolute Gasteiger partial charge is 0.117 e. The summed E-state index contributed by atoms with van der Waals surface area (Å²) in [6.45, 7) is 0. The molecule has 1 heterocycles. The van der Waals surface area contributed by atoms with Gasteiger partial charge in [0.25, 0.3) is 0 Å². The van der Waals surface area contributed by atoms with Crippen molar-refractivity contribution in [2.75, 3.05) is 0 Å². The summed E-state index contributed by atoms with van der Waals surface area (Å²) < 4.78 is 1.03. The highest BCUT2D eigenvalue weighted by atomic mass is 127. The highest BCUT2D eigenvalue weighted by Gasteiger charge is 2.04. The fourth-order valence-electron chi connectivity index (χ4n) is 1.12. The number of nitrogens with one attached hydrogen (secondary N) is 1. The molecule has 1 aromatic heterocycles. The van der Waals surface area contributed by atoms with E-state index in [2.05, 4.69) is 48.5 Å². The van der Waals surface area contributed by atoms with Crippen LogP contribution in [0.3, 0.4) is 0 Å². The first-order valence-corrected chi connectivity index (χ1v) is 6.18. The number of hydrogen-bond donors (Lipinski definition) is 1. The molecule has 1 N–H and O–H groups in total. The maximum Gasteiger partial charge on any atom is 0.117 e. The molecule has 0 fully saturated rings. The van der Waals surface area contributed by atoms with E-state index < -0.39 is 0 Å². The lowest BCUT2D eigenvalue weighted by molar-refractivity contribution is 1.15. The summed E-state index contributed by atoms with van der Waals surface area (Å²) in [5.74, 6) is 0.924. The van der Waals surface area contributed by atoms with Crippen LogP contribution in [0, 0.1) is 3.57 Å². The van der Waals surface area contributed by atoms with Crippen LogP contribution in [0.4, 0.5) is 0 Å². The van der Waals surface area contributed by atoms with Crippen LogP contribution in [0.5, 0.6) is 0 Å². The third-order valence-corrected chi connectivity index (χ3v) is 3.75. The summed E-state index contributed by atoms with van der Waals surface area (Å²) in [6, 6.07) is 3.87. The van der Waals surface area contributed by atoms with Crippen molar-refractivity contribution in [1.82, 2.24) is 9.97 Å². The number of H-pyrrole nitrogens is 1. The maximum absolute atomic E-state index is 5.97. The van der Waals surface area contributed by atoms with Crippen LogP contribution in [-0.4, -0.2) is 9.97 Å². The second-order valence-corrected chi connectivity index (χ2v) is 4.73. The summed E-state index contributed by atoms with van der Waals surface area (Å²) in [4.78, 5) is 7.53. The van der Waals surface area contributed by atoms with Crippen molar-refractivity contribution >= 4 is 61.2 Å². The highest BCUT2D eigenvalue weighted by molar-refractivity contribution is 14.1. The molecule has 5 heteroatoms. The Morgan fingerprint density at radius 2 is 2.31 bits per heavy atom. The zero-order valence-corrected chi connectivity index (χ0v) is 10.9. The molecule has 2 rings (SSSR count). The third kappa shape index (κ3) is 1.85. The molecule has 0 unspecified atom stereocenters. The average Bonchev–Trinajstić information content (AvgIpc) is 2.48. The number of imidazole rings is 1. The third-order valence-electron chi connectivity index (χ3n) is 1.70. The minimum Gasteiger partial charge on any atom is -0.341 e. The van der Waals surface area contributed by atoms with Gasteiger partial charge in [0, 0.05) is 3.57 Å². The first-order chi connectivity index (χ1) is 6.20. The van der Waals surface area contributed by atoms with E-state index in [4.69, 9.17) is 11.6 Å². The monoisotopic (exact) mass is 370 g/mol. The van der Waals surface area contributed by atoms with E-state index in [9.17, 15) is 0 Å². The van der Waals surface area contributed by atoms with Gasteiger partial charge >= 0.3 is 0 Å². The molecule has 0 radical (unpaired) electrons. The van der Waals surface area contributed by atoms with E-state index in [1.54, 1.807) is 0 Å². The van der Waals surface area contributed by atoms with Crippen LogP contribution < -0.4 is 0 Å². The Hall–Kier alpha value is 0.190. The van der Waals surface area contributed by atoms with Crippen molar-refractivity contribution < 1.29 is 0 Å². The van der Waals surface area contributed by atoms with Crippen LogP contribution in [0.1, 0.15) is 5.82 Å². The molecule has 0 spiro atoms. The van der Waals surface area contributed by atoms with Crippen LogP contribution in [0.2, 0.25) is 5.02 Å². The fraction of sp³-hybridized carbons (Fsp3) is 0.125. The van der Waals surface area contributed by atoms with E-state index in [1.165, 1.54) is 0 Å². The Morgan fingerprint density at radius 1 is 1.54 bits per heavy atom. The van der Waals surface area contributed by atoms with Crippen molar-refractivity contribution in [2.45, 2.75) is 5.33 Å². The number of alkyl halides is 1. The number of benzene rings is 1. The van der Waals surface area contributed by atoms with E-state index in [0.717, 1.165) is 30.8 Å². The van der Waals surface area contributed by atoms with E-state index in [1.807, 2.05) is 12.1 Å². The van der Waals surface area contributed by atoms with Crippen LogP contribution >= 0.6 is 50.1 Å². The molecule has 1 aromatic carbocycles. The van der Waals surface area contributed by atoms with Crippen molar-refractivity contribution in [2.24, 2.45) is 0 Å². The molecular weight excluding hydrogens is 366 g/mol. The van der Waals surface area contributed by atoms with Gasteiger partial charge in [0.05, 0.1) is 21.4 Å². The summed E-state index contributed by atoms with van der Waals surface area (Å²) in [5.41, 5.74) is 1.95. The van der Waals surface area contributed by atoms with Gasteiger partial charge in [-0.25, -0.2) is 4.98 Å². The predicted octanol–water partition coefficient (Wildman–Crippen LogP) is 3.72. The summed E-state index contributed by atoms with van der Waals surface area (Å²) in [7, 11) is 0. The molecule has 0 bridgehead atoms. The quantitative estimate of drug-likeness (QED) is 0.601. The molecule has 0 atom stereocenters. The molecule has 13 heavy (non-hydrogen) atoms. The molecule has 0 saturated heterocycles. The van der Waals surface area contributed by atoms with Gasteiger partial charge in [0.2, 0.25) is 0 Å². The summed E-state index contributed by atoms with van der Waals surface area (Å²) in [6.07, 6.45) is 0. The molecule has 68 valence electrons. The molecule has 2 aromatic rings. The Balaban J connectivity index is 2.70. The average molecular weight is 371 g/mol. The van der Waals surface area contributed by atoms with Crippen molar-refractivity contribution in [1.29, 1.82) is 0 Å². The maximum atomic E-state index is 5.97. The Bertz CT molecular complexity index is 416.